The number of aromatic nitrogens is 2. The molecule has 1 aromatic rings. The second kappa shape index (κ2) is 6.55. The Morgan fingerprint density at radius 2 is 1.95 bits per heavy atom. The van der Waals surface area contributed by atoms with Crippen LogP contribution in [0.3, 0.4) is 0 Å². The number of sulfonamides is 1. The predicted octanol–water partition coefficient (Wildman–Crippen LogP) is 0.211. The molecule has 7 nitrogen and oxygen atoms in total. The number of aryl methyl sites for hydroxylation is 1. The van der Waals surface area contributed by atoms with Gasteiger partial charge in [0, 0.05) is 32.9 Å². The Balaban J connectivity index is 3.07. The van der Waals surface area contributed by atoms with E-state index in [1.54, 1.807) is 7.05 Å². The lowest BCUT2D eigenvalue weighted by molar-refractivity contribution is 0.313. The lowest BCUT2D eigenvalue weighted by Gasteiger charge is -2.25. The molecule has 0 saturated heterocycles. The van der Waals surface area contributed by atoms with Gasteiger partial charge in [-0.05, 0) is 20.0 Å². The molecule has 0 atom stereocenters. The summed E-state index contributed by atoms with van der Waals surface area (Å²) in [5.41, 5.74) is 5.70. The van der Waals surface area contributed by atoms with Crippen LogP contribution in [0, 0.1) is 5.92 Å². The molecule has 1 aromatic heterocycles. The summed E-state index contributed by atoms with van der Waals surface area (Å²) in [6.45, 7) is 5.54. The maximum Gasteiger partial charge on any atom is 0.248 e. The molecule has 0 saturated carbocycles. The van der Waals surface area contributed by atoms with E-state index >= 15 is 0 Å². The lowest BCUT2D eigenvalue weighted by Crippen LogP contribution is -2.39. The van der Waals surface area contributed by atoms with E-state index in [4.69, 9.17) is 5.73 Å². The number of hydrogen-bond donors (Lipinski definition) is 1. The van der Waals surface area contributed by atoms with Crippen molar-refractivity contribution < 1.29 is 8.42 Å². The average molecular weight is 303 g/mol. The summed E-state index contributed by atoms with van der Waals surface area (Å²) in [4.78, 5) is 2.04. The van der Waals surface area contributed by atoms with E-state index in [9.17, 15) is 8.42 Å². The fourth-order valence-electron chi connectivity index (χ4n) is 1.85. The van der Waals surface area contributed by atoms with Crippen LogP contribution >= 0.6 is 0 Å². The van der Waals surface area contributed by atoms with Crippen LogP contribution in [0.2, 0.25) is 0 Å². The minimum atomic E-state index is -3.60. The van der Waals surface area contributed by atoms with Gasteiger partial charge in [-0.1, -0.05) is 13.8 Å². The number of nitrogens with zero attached hydrogens (tertiary/aromatic N) is 4. The molecule has 0 amide bonds. The molecule has 0 radical (unpaired) electrons. The Kier molecular flexibility index (Phi) is 5.55. The van der Waals surface area contributed by atoms with Crippen molar-refractivity contribution in [3.8, 4) is 0 Å². The zero-order valence-corrected chi connectivity index (χ0v) is 13.7. The van der Waals surface area contributed by atoms with Gasteiger partial charge >= 0.3 is 0 Å². The molecule has 8 heteroatoms. The quantitative estimate of drug-likeness (QED) is 0.778. The van der Waals surface area contributed by atoms with Crippen molar-refractivity contribution in [2.45, 2.75) is 18.7 Å². The van der Waals surface area contributed by atoms with Gasteiger partial charge in [-0.2, -0.15) is 9.40 Å². The molecular formula is C12H25N5O2S. The van der Waals surface area contributed by atoms with E-state index in [2.05, 4.69) is 5.10 Å². The molecule has 0 aliphatic rings. The minimum absolute atomic E-state index is 0.0473. The van der Waals surface area contributed by atoms with Gasteiger partial charge < -0.3 is 10.6 Å². The van der Waals surface area contributed by atoms with Crippen molar-refractivity contribution in [3.63, 3.8) is 0 Å². The summed E-state index contributed by atoms with van der Waals surface area (Å²) in [7, 11) is 1.88. The van der Waals surface area contributed by atoms with Crippen LogP contribution in [0.1, 0.15) is 13.8 Å². The van der Waals surface area contributed by atoms with Crippen LogP contribution in [0.5, 0.6) is 0 Å². The van der Waals surface area contributed by atoms with Crippen molar-refractivity contribution >= 4 is 15.8 Å². The Morgan fingerprint density at radius 1 is 1.35 bits per heavy atom. The third-order valence-corrected chi connectivity index (χ3v) is 4.69. The van der Waals surface area contributed by atoms with Gasteiger partial charge in [-0.25, -0.2) is 8.42 Å². The van der Waals surface area contributed by atoms with E-state index in [0.29, 0.717) is 19.6 Å². The van der Waals surface area contributed by atoms with Gasteiger partial charge in [-0.15, -0.1) is 0 Å². The molecule has 0 bridgehead atoms. The lowest BCUT2D eigenvalue weighted by atomic mass is 10.2. The Morgan fingerprint density at radius 3 is 2.35 bits per heavy atom. The van der Waals surface area contributed by atoms with Crippen LogP contribution in [-0.4, -0.2) is 61.1 Å². The van der Waals surface area contributed by atoms with Gasteiger partial charge in [0.2, 0.25) is 10.0 Å². The smallest absolute Gasteiger partial charge is 0.248 e. The summed E-state index contributed by atoms with van der Waals surface area (Å²) in [6, 6.07) is 0. The first-order chi connectivity index (χ1) is 9.14. The molecule has 0 aromatic carbocycles. The van der Waals surface area contributed by atoms with Crippen molar-refractivity contribution in [3.05, 3.63) is 6.20 Å². The molecule has 2 N–H and O–H groups in total. The molecular weight excluding hydrogens is 278 g/mol. The topological polar surface area (TPSA) is 84.5 Å². The Bertz CT molecular complexity index is 536. The molecule has 0 fully saturated rings. The highest BCUT2D eigenvalue weighted by Crippen LogP contribution is 2.21. The maximum absolute atomic E-state index is 12.7. The van der Waals surface area contributed by atoms with Crippen molar-refractivity contribution in [1.29, 1.82) is 0 Å². The third kappa shape index (κ3) is 4.19. The average Bonchev–Trinajstić information content (AvgIpc) is 2.63. The number of nitrogen functional groups attached to an aromatic ring is 1. The van der Waals surface area contributed by atoms with E-state index in [1.807, 2.05) is 32.8 Å². The highest BCUT2D eigenvalue weighted by Gasteiger charge is 2.28. The van der Waals surface area contributed by atoms with Crippen LogP contribution in [-0.2, 0) is 17.1 Å². The number of hydrogen-bond acceptors (Lipinski definition) is 5. The van der Waals surface area contributed by atoms with Crippen LogP contribution in [0.25, 0.3) is 0 Å². The Labute approximate surface area is 121 Å². The van der Waals surface area contributed by atoms with E-state index in [1.165, 1.54) is 15.2 Å². The second-order valence-corrected chi connectivity index (χ2v) is 7.52. The summed E-state index contributed by atoms with van der Waals surface area (Å²) in [5.74, 6) is 0.288. The molecule has 0 spiro atoms. The zero-order chi connectivity index (χ0) is 15.5. The first-order valence-electron chi connectivity index (χ1n) is 6.58. The van der Waals surface area contributed by atoms with Crippen LogP contribution in [0.4, 0.5) is 5.82 Å². The zero-order valence-electron chi connectivity index (χ0n) is 12.9. The fraction of sp³-hybridized carbons (Fsp3) is 0.750. The predicted molar refractivity (Wildman–Crippen MR) is 79.8 cm³/mol. The van der Waals surface area contributed by atoms with Gasteiger partial charge in [0.1, 0.15) is 4.90 Å². The third-order valence-electron chi connectivity index (χ3n) is 2.81. The van der Waals surface area contributed by atoms with Crippen molar-refractivity contribution in [1.82, 2.24) is 19.0 Å². The summed E-state index contributed by atoms with van der Waals surface area (Å²) in [5, 5.41) is 3.91. The second-order valence-electron chi connectivity index (χ2n) is 5.61. The van der Waals surface area contributed by atoms with Crippen LogP contribution in [0.15, 0.2) is 11.1 Å². The molecule has 0 aliphatic heterocycles. The maximum atomic E-state index is 12.7. The highest BCUT2D eigenvalue weighted by atomic mass is 32.2. The minimum Gasteiger partial charge on any atom is -0.381 e. The van der Waals surface area contributed by atoms with Gasteiger partial charge in [-0.3, -0.25) is 4.68 Å². The number of nitrogens with two attached hydrogens (primary N) is 1. The van der Waals surface area contributed by atoms with Crippen LogP contribution < -0.4 is 5.73 Å². The molecule has 0 aliphatic carbocycles. The molecule has 1 rings (SSSR count). The summed E-state index contributed by atoms with van der Waals surface area (Å²) >= 11 is 0. The van der Waals surface area contributed by atoms with E-state index in [0.717, 1.165) is 0 Å². The molecule has 116 valence electrons. The van der Waals surface area contributed by atoms with Gasteiger partial charge in [0.05, 0.1) is 0 Å². The van der Waals surface area contributed by atoms with Gasteiger partial charge in [0.25, 0.3) is 0 Å². The first-order valence-corrected chi connectivity index (χ1v) is 8.02. The fourth-order valence-corrected chi connectivity index (χ4v) is 3.54. The molecule has 20 heavy (non-hydrogen) atoms. The molecule has 1 heterocycles. The monoisotopic (exact) mass is 303 g/mol. The number of rotatable bonds is 7. The molecule has 0 unspecified atom stereocenters. The van der Waals surface area contributed by atoms with Crippen molar-refractivity contribution in [2.75, 3.05) is 39.5 Å². The van der Waals surface area contributed by atoms with E-state index in [-0.39, 0.29) is 16.6 Å². The largest absolute Gasteiger partial charge is 0.381 e. The summed E-state index contributed by atoms with van der Waals surface area (Å²) < 4.78 is 28.3. The highest BCUT2D eigenvalue weighted by molar-refractivity contribution is 7.89. The van der Waals surface area contributed by atoms with Crippen molar-refractivity contribution in [2.24, 2.45) is 13.0 Å². The first kappa shape index (κ1) is 16.9. The van der Waals surface area contributed by atoms with Gasteiger partial charge in [0.15, 0.2) is 5.82 Å². The standard InChI is InChI=1S/C12H25N5O2S/c1-10(2)8-17(7-6-15(3)4)20(18,19)11-9-16(5)14-12(11)13/h9-10H,6-8H2,1-5H3,(H2,13,14). The summed E-state index contributed by atoms with van der Waals surface area (Å²) in [6.07, 6.45) is 1.45. The number of likely N-dealkylation sites (N-methyl/N-ethyl adjacent to an activating group) is 1. The Hall–Kier alpha value is -1.12. The normalized spacial score (nSPS) is 12.8. The SMILES string of the molecule is CC(C)CN(CCN(C)C)S(=O)(=O)c1cn(C)nc1N. The number of anilines is 1. The van der Waals surface area contributed by atoms with E-state index < -0.39 is 10.0 Å².